The molecule has 2 aliphatic heterocycles. The number of ether oxygens (including phenoxy) is 1. The number of hydrogen-bond acceptors (Lipinski definition) is 8. The highest BCUT2D eigenvalue weighted by Gasteiger charge is 2.36. The molecule has 1 saturated carbocycles. The molecule has 1 atom stereocenters. The Morgan fingerprint density at radius 3 is 2.51 bits per heavy atom. The molecule has 3 aromatic rings. The average molecular weight is 626 g/mol. The van der Waals surface area contributed by atoms with Crippen molar-refractivity contribution < 1.29 is 38.1 Å². The van der Waals surface area contributed by atoms with Crippen LogP contribution >= 0.6 is 0 Å². The third-order valence-electron chi connectivity index (χ3n) is 8.76. The number of piperidine rings is 1. The van der Waals surface area contributed by atoms with Crippen molar-refractivity contribution in [1.82, 2.24) is 14.9 Å². The quantitative estimate of drug-likeness (QED) is 0.325. The summed E-state index contributed by atoms with van der Waals surface area (Å²) in [6.45, 7) is 2.23. The number of aromatic nitrogens is 2. The van der Waals surface area contributed by atoms with Gasteiger partial charge in [0.15, 0.2) is 11.6 Å². The molecule has 14 heteroatoms. The van der Waals surface area contributed by atoms with Gasteiger partial charge in [-0.15, -0.1) is 0 Å². The van der Waals surface area contributed by atoms with Gasteiger partial charge in [-0.05, 0) is 62.3 Å². The Bertz CT molecular complexity index is 1750. The monoisotopic (exact) mass is 625 g/mol. The Kier molecular flexibility index (Phi) is 7.93. The van der Waals surface area contributed by atoms with E-state index in [4.69, 9.17) is 4.74 Å². The van der Waals surface area contributed by atoms with Crippen LogP contribution < -0.4 is 20.5 Å². The standard InChI is InChI=1S/C31H33F2N5O7/c1-17(39)34-14-21-15-38(30(43)45-21)20-3-2-18(24(32)12-20)6-7-31(44)8-10-36(11-9-31)28-25(33)13-22-26(40)23(29(41)42)16-37(19-4-5-19)27(22)35-28/h2-3,12-13,16,19,21,44H,4-11,14-15H2,1H3,(H,34,39)(H,41,42)/t21-/m0/s1. The van der Waals surface area contributed by atoms with Crippen molar-refractivity contribution >= 4 is 40.5 Å². The minimum Gasteiger partial charge on any atom is -0.477 e. The zero-order valence-electron chi connectivity index (χ0n) is 24.6. The first-order valence-corrected chi connectivity index (χ1v) is 14.9. The summed E-state index contributed by atoms with van der Waals surface area (Å²) < 4.78 is 37.2. The number of aliphatic hydroxyl groups is 1. The molecule has 3 fully saturated rings. The van der Waals surface area contributed by atoms with E-state index in [0.717, 1.165) is 18.9 Å². The number of carbonyl (C=O) groups is 3. The maximum Gasteiger partial charge on any atom is 0.414 e. The molecule has 1 aliphatic carbocycles. The molecule has 2 amide bonds. The first-order chi connectivity index (χ1) is 21.4. The van der Waals surface area contributed by atoms with Crippen molar-refractivity contribution in [1.29, 1.82) is 0 Å². The van der Waals surface area contributed by atoms with Crippen LogP contribution in [0.5, 0.6) is 0 Å². The van der Waals surface area contributed by atoms with E-state index in [1.54, 1.807) is 21.6 Å². The van der Waals surface area contributed by atoms with Crippen LogP contribution in [0.1, 0.15) is 61.0 Å². The molecular weight excluding hydrogens is 592 g/mol. The van der Waals surface area contributed by atoms with Crippen LogP contribution in [0.4, 0.5) is 25.1 Å². The minimum atomic E-state index is -1.38. The van der Waals surface area contributed by atoms with Crippen molar-refractivity contribution in [2.45, 2.75) is 63.2 Å². The number of benzene rings is 1. The van der Waals surface area contributed by atoms with Crippen molar-refractivity contribution in [3.05, 3.63) is 63.4 Å². The molecule has 0 unspecified atom stereocenters. The Labute approximate surface area is 256 Å². The van der Waals surface area contributed by atoms with Gasteiger partial charge >= 0.3 is 12.1 Å². The van der Waals surface area contributed by atoms with Gasteiger partial charge in [0.05, 0.1) is 29.8 Å². The summed E-state index contributed by atoms with van der Waals surface area (Å²) in [5, 5.41) is 23.3. The van der Waals surface area contributed by atoms with Crippen molar-refractivity contribution in [2.75, 3.05) is 36.0 Å². The fourth-order valence-corrected chi connectivity index (χ4v) is 6.00. The number of pyridine rings is 2. The number of halogens is 2. The summed E-state index contributed by atoms with van der Waals surface area (Å²) in [4.78, 5) is 55.3. The first kappa shape index (κ1) is 30.4. The number of carboxylic acids is 1. The minimum absolute atomic E-state index is 0.00551. The van der Waals surface area contributed by atoms with E-state index in [1.165, 1.54) is 24.1 Å². The smallest absolute Gasteiger partial charge is 0.414 e. The van der Waals surface area contributed by atoms with Gasteiger partial charge in [0.1, 0.15) is 23.1 Å². The molecular formula is C31H33F2N5O7. The number of cyclic esters (lactones) is 1. The fraction of sp³-hybridized carbons (Fsp3) is 0.452. The largest absolute Gasteiger partial charge is 0.477 e. The third-order valence-corrected chi connectivity index (χ3v) is 8.76. The molecule has 12 nitrogen and oxygen atoms in total. The molecule has 2 aromatic heterocycles. The predicted octanol–water partition coefficient (Wildman–Crippen LogP) is 3.13. The number of aryl methyl sites for hydroxylation is 1. The van der Waals surface area contributed by atoms with Crippen LogP contribution in [0.15, 0.2) is 35.3 Å². The van der Waals surface area contributed by atoms with Crippen molar-refractivity contribution in [2.24, 2.45) is 0 Å². The highest BCUT2D eigenvalue weighted by atomic mass is 19.1. The molecule has 0 radical (unpaired) electrons. The van der Waals surface area contributed by atoms with E-state index in [2.05, 4.69) is 10.3 Å². The zero-order valence-corrected chi connectivity index (χ0v) is 24.6. The number of fused-ring (bicyclic) bond motifs is 1. The van der Waals surface area contributed by atoms with E-state index in [1.807, 2.05) is 0 Å². The number of nitrogens with zero attached hydrogens (tertiary/aromatic N) is 4. The van der Waals surface area contributed by atoms with Crippen LogP contribution in [0.3, 0.4) is 0 Å². The Balaban J connectivity index is 1.11. The van der Waals surface area contributed by atoms with Gasteiger partial charge in [0.25, 0.3) is 0 Å². The number of carbonyl (C=O) groups excluding carboxylic acids is 2. The van der Waals surface area contributed by atoms with Gasteiger partial charge in [-0.3, -0.25) is 14.5 Å². The summed E-state index contributed by atoms with van der Waals surface area (Å²) in [5.74, 6) is -2.87. The van der Waals surface area contributed by atoms with Gasteiger partial charge in [0, 0.05) is 32.3 Å². The molecule has 6 rings (SSSR count). The number of carboxylic acid groups (broad SMARTS) is 1. The molecule has 45 heavy (non-hydrogen) atoms. The maximum absolute atomic E-state index is 15.3. The second-order valence-corrected chi connectivity index (χ2v) is 12.0. The number of aromatic carboxylic acids is 1. The highest BCUT2D eigenvalue weighted by molar-refractivity contribution is 5.92. The molecule has 0 spiro atoms. The lowest BCUT2D eigenvalue weighted by molar-refractivity contribution is -0.119. The summed E-state index contributed by atoms with van der Waals surface area (Å²) in [7, 11) is 0. The molecule has 238 valence electrons. The highest BCUT2D eigenvalue weighted by Crippen LogP contribution is 2.38. The third kappa shape index (κ3) is 6.19. The molecule has 1 aromatic carbocycles. The number of hydrogen-bond donors (Lipinski definition) is 3. The molecule has 3 N–H and O–H groups in total. The number of amides is 2. The van der Waals surface area contributed by atoms with Crippen LogP contribution in [0.25, 0.3) is 11.0 Å². The molecule has 3 aliphatic rings. The summed E-state index contributed by atoms with van der Waals surface area (Å²) in [6.07, 6.45) is 2.75. The topological polar surface area (TPSA) is 154 Å². The van der Waals surface area contributed by atoms with Crippen molar-refractivity contribution in [3.63, 3.8) is 0 Å². The average Bonchev–Trinajstić information content (AvgIpc) is 3.77. The Hall–Kier alpha value is -4.59. The first-order valence-electron chi connectivity index (χ1n) is 14.9. The van der Waals surface area contributed by atoms with E-state index < -0.39 is 46.4 Å². The maximum atomic E-state index is 15.3. The summed E-state index contributed by atoms with van der Waals surface area (Å²) >= 11 is 0. The summed E-state index contributed by atoms with van der Waals surface area (Å²) in [6, 6.07) is 5.47. The predicted molar refractivity (Wildman–Crippen MR) is 159 cm³/mol. The second-order valence-electron chi connectivity index (χ2n) is 12.0. The number of rotatable bonds is 9. The summed E-state index contributed by atoms with van der Waals surface area (Å²) in [5.41, 5.74) is -1.41. The number of nitrogens with one attached hydrogen (secondary N) is 1. The van der Waals surface area contributed by atoms with E-state index >= 15 is 8.78 Å². The second kappa shape index (κ2) is 11.7. The SMILES string of the molecule is CC(=O)NC[C@H]1CN(c2ccc(CCC3(O)CCN(c4nc5c(cc4F)c(=O)c(C(=O)O)cn5C4CC4)CC3)c(F)c2)C(=O)O1. The number of anilines is 2. The van der Waals surface area contributed by atoms with Gasteiger partial charge in [-0.1, -0.05) is 6.07 Å². The van der Waals surface area contributed by atoms with Gasteiger partial charge in [-0.25, -0.2) is 23.4 Å². The lowest BCUT2D eigenvalue weighted by atomic mass is 9.85. The molecule has 0 bridgehead atoms. The van der Waals surface area contributed by atoms with Crippen molar-refractivity contribution in [3.8, 4) is 0 Å². The zero-order chi connectivity index (χ0) is 32.0. The van der Waals surface area contributed by atoms with E-state index in [9.17, 15) is 29.4 Å². The lowest BCUT2D eigenvalue weighted by Gasteiger charge is -2.39. The van der Waals surface area contributed by atoms with Crippen LogP contribution in [-0.4, -0.2) is 75.6 Å². The van der Waals surface area contributed by atoms with Crippen LogP contribution in [-0.2, 0) is 16.0 Å². The lowest BCUT2D eigenvalue weighted by Crippen LogP contribution is -2.45. The van der Waals surface area contributed by atoms with Crippen LogP contribution in [0, 0.1) is 11.6 Å². The Morgan fingerprint density at radius 1 is 1.13 bits per heavy atom. The fourth-order valence-electron chi connectivity index (χ4n) is 6.00. The van der Waals surface area contributed by atoms with E-state index in [-0.39, 0.29) is 80.7 Å². The normalized spacial score (nSPS) is 19.6. The van der Waals surface area contributed by atoms with Gasteiger partial charge in [0.2, 0.25) is 11.3 Å². The molecule has 4 heterocycles. The van der Waals surface area contributed by atoms with Gasteiger partial charge < -0.3 is 29.7 Å². The van der Waals surface area contributed by atoms with Crippen LogP contribution in [0.2, 0.25) is 0 Å². The van der Waals surface area contributed by atoms with E-state index in [0.29, 0.717) is 11.3 Å². The molecule has 2 saturated heterocycles. The Morgan fingerprint density at radius 2 is 1.87 bits per heavy atom. The van der Waals surface area contributed by atoms with Gasteiger partial charge in [-0.2, -0.15) is 0 Å².